The van der Waals surface area contributed by atoms with Crippen molar-refractivity contribution in [1.29, 1.82) is 0 Å². The highest BCUT2D eigenvalue weighted by Crippen LogP contribution is 2.19. The predicted octanol–water partition coefficient (Wildman–Crippen LogP) is 1.40. The molecule has 1 aromatic heterocycles. The van der Waals surface area contributed by atoms with Crippen molar-refractivity contribution in [3.05, 3.63) is 34.0 Å². The third-order valence-electron chi connectivity index (χ3n) is 2.02. The first kappa shape index (κ1) is 12.2. The minimum atomic E-state index is -3.68. The molecule has 0 saturated carbocycles. The van der Waals surface area contributed by atoms with E-state index in [2.05, 4.69) is 37.5 Å². The summed E-state index contributed by atoms with van der Waals surface area (Å²) in [4.78, 5) is -0.0592. The molecule has 0 bridgehead atoms. The van der Waals surface area contributed by atoms with Crippen molar-refractivity contribution >= 4 is 44.1 Å². The number of nitrogens with one attached hydrogen (secondary N) is 2. The molecule has 0 saturated heterocycles. The molecule has 0 fully saturated rings. The van der Waals surface area contributed by atoms with E-state index in [1.807, 2.05) is 0 Å². The number of nitrogens with zero attached hydrogens (tertiary/aromatic N) is 1. The van der Waals surface area contributed by atoms with Crippen molar-refractivity contribution < 1.29 is 8.42 Å². The summed E-state index contributed by atoms with van der Waals surface area (Å²) in [6.45, 7) is 0. The number of sulfonamides is 1. The minimum absolute atomic E-state index is 0.0167. The normalized spacial score (nSPS) is 11.4. The van der Waals surface area contributed by atoms with Gasteiger partial charge in [0.05, 0.1) is 6.20 Å². The molecule has 0 spiro atoms. The number of aromatic nitrogens is 2. The van der Waals surface area contributed by atoms with Crippen molar-refractivity contribution in [2.24, 2.45) is 0 Å². The third kappa shape index (κ3) is 2.69. The Morgan fingerprint density at radius 2 is 1.94 bits per heavy atom. The van der Waals surface area contributed by atoms with Gasteiger partial charge in [-0.1, -0.05) is 0 Å². The second kappa shape index (κ2) is 4.53. The molecular formula is C9H9IN4O2S. The van der Waals surface area contributed by atoms with Crippen LogP contribution < -0.4 is 10.5 Å². The average Bonchev–Trinajstić information content (AvgIpc) is 2.68. The number of hydrogen-bond acceptors (Lipinski definition) is 4. The Labute approximate surface area is 112 Å². The average molecular weight is 364 g/mol. The van der Waals surface area contributed by atoms with E-state index in [1.54, 1.807) is 24.3 Å². The molecule has 1 heterocycles. The number of rotatable bonds is 3. The highest BCUT2D eigenvalue weighted by Gasteiger charge is 2.19. The van der Waals surface area contributed by atoms with Gasteiger partial charge in [0, 0.05) is 9.26 Å². The van der Waals surface area contributed by atoms with Crippen LogP contribution in [0.15, 0.2) is 35.4 Å². The van der Waals surface area contributed by atoms with Gasteiger partial charge in [0.25, 0.3) is 10.0 Å². The predicted molar refractivity (Wildman–Crippen MR) is 73.0 cm³/mol. The van der Waals surface area contributed by atoms with Gasteiger partial charge < -0.3 is 5.73 Å². The van der Waals surface area contributed by atoms with Gasteiger partial charge in [-0.25, -0.2) is 8.42 Å². The van der Waals surface area contributed by atoms with Gasteiger partial charge in [-0.2, -0.15) is 5.10 Å². The SMILES string of the molecule is Nc1[nH]ncc1S(=O)(=O)Nc1ccc(I)cc1. The number of benzene rings is 1. The van der Waals surface area contributed by atoms with Crippen LogP contribution in [0.25, 0.3) is 0 Å². The smallest absolute Gasteiger partial charge is 0.267 e. The summed E-state index contributed by atoms with van der Waals surface area (Å²) in [5.41, 5.74) is 5.94. The van der Waals surface area contributed by atoms with Crippen LogP contribution in [-0.4, -0.2) is 18.6 Å². The first-order chi connectivity index (χ1) is 7.99. The molecule has 0 atom stereocenters. The Kier molecular flexibility index (Phi) is 3.24. The summed E-state index contributed by atoms with van der Waals surface area (Å²) < 4.78 is 27.3. The van der Waals surface area contributed by atoms with Crippen LogP contribution in [0.4, 0.5) is 11.5 Å². The van der Waals surface area contributed by atoms with E-state index in [0.29, 0.717) is 5.69 Å². The van der Waals surface area contributed by atoms with E-state index in [-0.39, 0.29) is 10.7 Å². The Hall–Kier alpha value is -1.29. The lowest BCUT2D eigenvalue weighted by molar-refractivity contribution is 0.601. The van der Waals surface area contributed by atoms with E-state index in [4.69, 9.17) is 5.73 Å². The fourth-order valence-corrected chi connectivity index (χ4v) is 2.67. The van der Waals surface area contributed by atoms with E-state index in [9.17, 15) is 8.42 Å². The van der Waals surface area contributed by atoms with Crippen molar-refractivity contribution in [2.75, 3.05) is 10.5 Å². The Morgan fingerprint density at radius 1 is 1.29 bits per heavy atom. The zero-order chi connectivity index (χ0) is 12.5. The van der Waals surface area contributed by atoms with Crippen molar-refractivity contribution in [3.8, 4) is 0 Å². The fourth-order valence-electron chi connectivity index (χ4n) is 1.23. The van der Waals surface area contributed by atoms with Crippen molar-refractivity contribution in [3.63, 3.8) is 0 Å². The zero-order valence-corrected chi connectivity index (χ0v) is 11.5. The number of nitrogens with two attached hydrogens (primary N) is 1. The summed E-state index contributed by atoms with van der Waals surface area (Å²) in [5.74, 6) is 0.0167. The highest BCUT2D eigenvalue weighted by molar-refractivity contribution is 14.1. The molecule has 0 amide bonds. The molecule has 2 aromatic rings. The van der Waals surface area contributed by atoms with Gasteiger partial charge in [-0.05, 0) is 46.9 Å². The molecular weight excluding hydrogens is 355 g/mol. The maximum absolute atomic E-state index is 11.9. The summed E-state index contributed by atoms with van der Waals surface area (Å²) in [6, 6.07) is 6.96. The molecule has 0 aliphatic rings. The monoisotopic (exact) mass is 364 g/mol. The maximum Gasteiger partial charge on any atom is 0.267 e. The van der Waals surface area contributed by atoms with E-state index in [1.165, 1.54) is 6.20 Å². The van der Waals surface area contributed by atoms with Gasteiger partial charge >= 0.3 is 0 Å². The molecule has 2 rings (SSSR count). The number of nitrogen functional groups attached to an aromatic ring is 1. The van der Waals surface area contributed by atoms with E-state index >= 15 is 0 Å². The van der Waals surface area contributed by atoms with Gasteiger partial charge in [-0.15, -0.1) is 0 Å². The highest BCUT2D eigenvalue weighted by atomic mass is 127. The van der Waals surface area contributed by atoms with Crippen LogP contribution in [-0.2, 0) is 10.0 Å². The maximum atomic E-state index is 11.9. The van der Waals surface area contributed by atoms with Crippen molar-refractivity contribution in [2.45, 2.75) is 4.90 Å². The number of aromatic amines is 1. The number of hydrogen-bond donors (Lipinski definition) is 3. The van der Waals surface area contributed by atoms with Gasteiger partial charge in [0.1, 0.15) is 10.7 Å². The van der Waals surface area contributed by atoms with E-state index < -0.39 is 10.0 Å². The topological polar surface area (TPSA) is 101 Å². The number of halogens is 1. The molecule has 4 N–H and O–H groups in total. The Balaban J connectivity index is 2.30. The molecule has 0 aliphatic heterocycles. The molecule has 0 aliphatic carbocycles. The molecule has 8 heteroatoms. The van der Waals surface area contributed by atoms with Gasteiger partial charge in [0.15, 0.2) is 0 Å². The largest absolute Gasteiger partial charge is 0.383 e. The van der Waals surface area contributed by atoms with Crippen LogP contribution in [0, 0.1) is 3.57 Å². The lowest BCUT2D eigenvalue weighted by Gasteiger charge is -2.06. The second-order valence-electron chi connectivity index (χ2n) is 3.26. The minimum Gasteiger partial charge on any atom is -0.383 e. The molecule has 6 nitrogen and oxygen atoms in total. The van der Waals surface area contributed by atoms with Crippen LogP contribution >= 0.6 is 22.6 Å². The van der Waals surface area contributed by atoms with Crippen LogP contribution in [0.1, 0.15) is 0 Å². The quantitative estimate of drug-likeness (QED) is 0.717. The molecule has 90 valence electrons. The molecule has 1 aromatic carbocycles. The molecule has 0 unspecified atom stereocenters. The van der Waals surface area contributed by atoms with Gasteiger partial charge in [0.2, 0.25) is 0 Å². The third-order valence-corrected chi connectivity index (χ3v) is 4.15. The number of H-pyrrole nitrogens is 1. The second-order valence-corrected chi connectivity index (χ2v) is 6.16. The first-order valence-corrected chi connectivity index (χ1v) is 7.12. The van der Waals surface area contributed by atoms with Crippen LogP contribution in [0.2, 0.25) is 0 Å². The molecule has 0 radical (unpaired) electrons. The van der Waals surface area contributed by atoms with Crippen LogP contribution in [0.5, 0.6) is 0 Å². The Bertz CT molecular complexity index is 621. The summed E-state index contributed by atoms with van der Waals surface area (Å²) in [5, 5.41) is 5.95. The lowest BCUT2D eigenvalue weighted by Crippen LogP contribution is -2.13. The van der Waals surface area contributed by atoms with Crippen molar-refractivity contribution in [1.82, 2.24) is 10.2 Å². The van der Waals surface area contributed by atoms with E-state index in [0.717, 1.165) is 3.57 Å². The summed E-state index contributed by atoms with van der Waals surface area (Å²) in [7, 11) is -3.68. The fraction of sp³-hybridized carbons (Fsp3) is 0. The first-order valence-electron chi connectivity index (χ1n) is 4.56. The lowest BCUT2D eigenvalue weighted by atomic mass is 10.3. The summed E-state index contributed by atoms with van der Waals surface area (Å²) in [6.07, 6.45) is 1.17. The summed E-state index contributed by atoms with van der Waals surface area (Å²) >= 11 is 2.14. The standard InChI is InChI=1S/C9H9IN4O2S/c10-6-1-3-7(4-2-6)14-17(15,16)8-5-12-13-9(8)11/h1-5,14H,(H3,11,12,13). The zero-order valence-electron chi connectivity index (χ0n) is 8.51. The Morgan fingerprint density at radius 3 is 2.47 bits per heavy atom. The molecule has 17 heavy (non-hydrogen) atoms. The number of anilines is 2. The van der Waals surface area contributed by atoms with Gasteiger partial charge in [-0.3, -0.25) is 9.82 Å². The van der Waals surface area contributed by atoms with Crippen LogP contribution in [0.3, 0.4) is 0 Å².